The molecule has 0 fully saturated rings. The molecule has 0 radical (unpaired) electrons. The molecule has 0 saturated carbocycles. The Labute approximate surface area is 155 Å². The number of hydrogen-bond acceptors (Lipinski definition) is 5. The minimum atomic E-state index is -3.66. The fourth-order valence-corrected chi connectivity index (χ4v) is 3.29. The third-order valence-corrected chi connectivity index (χ3v) is 5.81. The summed E-state index contributed by atoms with van der Waals surface area (Å²) >= 11 is 0. The second kappa shape index (κ2) is 9.68. The summed E-state index contributed by atoms with van der Waals surface area (Å²) in [6, 6.07) is 5.58. The smallest absolute Gasteiger partial charge is 0.338 e. The van der Waals surface area contributed by atoms with Gasteiger partial charge in [-0.25, -0.2) is 17.9 Å². The van der Waals surface area contributed by atoms with E-state index < -0.39 is 16.0 Å². The van der Waals surface area contributed by atoms with Crippen molar-refractivity contribution in [3.63, 3.8) is 0 Å². The van der Waals surface area contributed by atoms with Crippen molar-refractivity contribution in [3.05, 3.63) is 29.8 Å². The van der Waals surface area contributed by atoms with Crippen molar-refractivity contribution in [3.8, 4) is 0 Å². The molecule has 146 valence electrons. The van der Waals surface area contributed by atoms with Gasteiger partial charge in [-0.3, -0.25) is 4.79 Å². The quantitative estimate of drug-likeness (QED) is 0.659. The SMILES string of the molecule is CC[C@H](C)N(C(=O)COC(=O)c1cccc(S(=O)(=O)NC)c1)[C@@H](C)CC. The summed E-state index contributed by atoms with van der Waals surface area (Å²) in [6.45, 7) is 7.52. The van der Waals surface area contributed by atoms with Crippen LogP contribution in [0.4, 0.5) is 0 Å². The third kappa shape index (κ3) is 5.54. The molecule has 0 aromatic heterocycles. The van der Waals surface area contributed by atoms with Gasteiger partial charge < -0.3 is 9.64 Å². The van der Waals surface area contributed by atoms with Crippen molar-refractivity contribution in [1.29, 1.82) is 0 Å². The first-order valence-electron chi connectivity index (χ1n) is 8.69. The number of carbonyl (C=O) groups is 2. The fraction of sp³-hybridized carbons (Fsp3) is 0.556. The summed E-state index contributed by atoms with van der Waals surface area (Å²) in [4.78, 5) is 26.4. The maximum atomic E-state index is 12.5. The molecule has 0 aliphatic heterocycles. The van der Waals surface area contributed by atoms with Crippen LogP contribution in [-0.2, 0) is 19.6 Å². The van der Waals surface area contributed by atoms with Crippen molar-refractivity contribution in [1.82, 2.24) is 9.62 Å². The lowest BCUT2D eigenvalue weighted by atomic mass is 10.1. The molecule has 0 unspecified atom stereocenters. The Bertz CT molecular complexity index is 723. The Kier molecular flexibility index (Phi) is 8.23. The van der Waals surface area contributed by atoms with E-state index in [0.717, 1.165) is 12.8 Å². The first-order valence-corrected chi connectivity index (χ1v) is 10.2. The lowest BCUT2D eigenvalue weighted by Crippen LogP contribution is -2.46. The molecule has 1 aromatic rings. The van der Waals surface area contributed by atoms with Gasteiger partial charge in [0.1, 0.15) is 0 Å². The second-order valence-corrected chi connectivity index (χ2v) is 8.01. The molecule has 1 aromatic carbocycles. The zero-order valence-corrected chi connectivity index (χ0v) is 16.8. The second-order valence-electron chi connectivity index (χ2n) is 6.13. The van der Waals surface area contributed by atoms with E-state index in [1.165, 1.54) is 31.3 Å². The average molecular weight is 384 g/mol. The molecule has 2 atom stereocenters. The highest BCUT2D eigenvalue weighted by Crippen LogP contribution is 2.14. The van der Waals surface area contributed by atoms with E-state index in [2.05, 4.69) is 4.72 Å². The average Bonchev–Trinajstić information content (AvgIpc) is 2.65. The first kappa shape index (κ1) is 22.1. The van der Waals surface area contributed by atoms with Crippen LogP contribution in [-0.4, -0.2) is 50.9 Å². The van der Waals surface area contributed by atoms with E-state index in [9.17, 15) is 18.0 Å². The molecule has 8 heteroatoms. The van der Waals surface area contributed by atoms with Crippen molar-refractivity contribution >= 4 is 21.9 Å². The monoisotopic (exact) mass is 384 g/mol. The normalized spacial score (nSPS) is 13.7. The van der Waals surface area contributed by atoms with Gasteiger partial charge in [-0.05, 0) is 51.9 Å². The highest BCUT2D eigenvalue weighted by Gasteiger charge is 2.25. The molecular weight excluding hydrogens is 356 g/mol. The van der Waals surface area contributed by atoms with Crippen LogP contribution in [0.1, 0.15) is 50.9 Å². The van der Waals surface area contributed by atoms with Crippen molar-refractivity contribution in [2.75, 3.05) is 13.7 Å². The minimum absolute atomic E-state index is 0.0402. The third-order valence-electron chi connectivity index (χ3n) is 4.39. The summed E-state index contributed by atoms with van der Waals surface area (Å²) in [5.74, 6) is -0.999. The van der Waals surface area contributed by atoms with Crippen molar-refractivity contribution in [2.45, 2.75) is 57.5 Å². The van der Waals surface area contributed by atoms with Gasteiger partial charge in [-0.15, -0.1) is 0 Å². The van der Waals surface area contributed by atoms with Crippen LogP contribution in [0, 0.1) is 0 Å². The number of carbonyl (C=O) groups excluding carboxylic acids is 2. The van der Waals surface area contributed by atoms with Gasteiger partial charge in [0.05, 0.1) is 10.5 Å². The molecule has 0 aliphatic carbocycles. The van der Waals surface area contributed by atoms with Crippen LogP contribution in [0.25, 0.3) is 0 Å². The number of ether oxygens (including phenoxy) is 1. The van der Waals surface area contributed by atoms with Crippen LogP contribution >= 0.6 is 0 Å². The maximum Gasteiger partial charge on any atom is 0.338 e. The number of nitrogens with one attached hydrogen (secondary N) is 1. The van der Waals surface area contributed by atoms with Crippen LogP contribution in [0.3, 0.4) is 0 Å². The topological polar surface area (TPSA) is 92.8 Å². The Morgan fingerprint density at radius 2 is 1.73 bits per heavy atom. The van der Waals surface area contributed by atoms with Crippen molar-refractivity contribution in [2.24, 2.45) is 0 Å². The predicted octanol–water partition coefficient (Wildman–Crippen LogP) is 2.18. The van der Waals surface area contributed by atoms with E-state index in [0.29, 0.717) is 0 Å². The van der Waals surface area contributed by atoms with Crippen LogP contribution in [0.15, 0.2) is 29.2 Å². The molecule has 1 N–H and O–H groups in total. The minimum Gasteiger partial charge on any atom is -0.452 e. The van der Waals surface area contributed by atoms with Gasteiger partial charge in [-0.2, -0.15) is 0 Å². The largest absolute Gasteiger partial charge is 0.452 e. The van der Waals surface area contributed by atoms with Gasteiger partial charge in [0, 0.05) is 12.1 Å². The lowest BCUT2D eigenvalue weighted by Gasteiger charge is -2.33. The van der Waals surface area contributed by atoms with Crippen molar-refractivity contribution < 1.29 is 22.7 Å². The van der Waals surface area contributed by atoms with Crippen LogP contribution < -0.4 is 4.72 Å². The predicted molar refractivity (Wildman–Crippen MR) is 99.3 cm³/mol. The Morgan fingerprint density at radius 1 is 1.15 bits per heavy atom. The molecule has 7 nitrogen and oxygen atoms in total. The Hall–Kier alpha value is -1.93. The van der Waals surface area contributed by atoms with Gasteiger partial charge in [0.15, 0.2) is 6.61 Å². The number of rotatable bonds is 9. The maximum absolute atomic E-state index is 12.5. The fourth-order valence-electron chi connectivity index (χ4n) is 2.51. The Balaban J connectivity index is 2.85. The van der Waals surface area contributed by atoms with E-state index >= 15 is 0 Å². The highest BCUT2D eigenvalue weighted by molar-refractivity contribution is 7.89. The molecule has 26 heavy (non-hydrogen) atoms. The molecule has 1 rings (SSSR count). The molecule has 1 amide bonds. The first-order chi connectivity index (χ1) is 12.2. The van der Waals surface area contributed by atoms with Crippen LogP contribution in [0.2, 0.25) is 0 Å². The number of esters is 1. The molecular formula is C18H28N2O5S. The summed E-state index contributed by atoms with van der Waals surface area (Å²) in [5, 5.41) is 0. The lowest BCUT2D eigenvalue weighted by molar-refractivity contribution is -0.139. The number of hydrogen-bond donors (Lipinski definition) is 1. The number of benzene rings is 1. The molecule has 0 bridgehead atoms. The zero-order valence-electron chi connectivity index (χ0n) is 16.0. The number of amides is 1. The molecule has 0 aliphatic rings. The summed E-state index contributed by atoms with van der Waals surface area (Å²) in [6.07, 6.45) is 1.60. The summed E-state index contributed by atoms with van der Waals surface area (Å²) in [7, 11) is -2.37. The van der Waals surface area contributed by atoms with Gasteiger partial charge in [0.25, 0.3) is 5.91 Å². The zero-order chi connectivity index (χ0) is 19.9. The standard InChI is InChI=1S/C18H28N2O5S/c1-6-13(3)20(14(4)7-2)17(21)12-25-18(22)15-9-8-10-16(11-15)26(23,24)19-5/h8-11,13-14,19H,6-7,12H2,1-5H3/t13-,14-/m0/s1. The van der Waals surface area contributed by atoms with E-state index in [4.69, 9.17) is 4.74 Å². The Morgan fingerprint density at radius 3 is 2.23 bits per heavy atom. The van der Waals surface area contributed by atoms with E-state index in [-0.39, 0.29) is 35.1 Å². The molecule has 0 saturated heterocycles. The molecule has 0 heterocycles. The van der Waals surface area contributed by atoms with Gasteiger partial charge in [-0.1, -0.05) is 19.9 Å². The molecule has 0 spiro atoms. The number of sulfonamides is 1. The number of nitrogens with zero attached hydrogens (tertiary/aromatic N) is 1. The highest BCUT2D eigenvalue weighted by atomic mass is 32.2. The van der Waals surface area contributed by atoms with E-state index in [1.807, 2.05) is 27.7 Å². The van der Waals surface area contributed by atoms with Gasteiger partial charge in [0.2, 0.25) is 10.0 Å². The van der Waals surface area contributed by atoms with Gasteiger partial charge >= 0.3 is 5.97 Å². The summed E-state index contributed by atoms with van der Waals surface area (Å²) in [5.41, 5.74) is 0.0766. The van der Waals surface area contributed by atoms with Crippen LogP contribution in [0.5, 0.6) is 0 Å². The summed E-state index contributed by atoms with van der Waals surface area (Å²) < 4.78 is 30.9. The van der Waals surface area contributed by atoms with E-state index in [1.54, 1.807) is 4.90 Å².